The van der Waals surface area contributed by atoms with E-state index in [1.54, 1.807) is 27.4 Å². The van der Waals surface area contributed by atoms with E-state index in [1.165, 1.54) is 0 Å². The fraction of sp³-hybridized carbons (Fsp3) is 0.440. The number of carbonyl (C=O) groups excluding carboxylic acids is 2. The van der Waals surface area contributed by atoms with Gasteiger partial charge in [0.05, 0.1) is 21.3 Å². The number of nitrogens with one attached hydrogen (secondary N) is 1. The third-order valence-electron chi connectivity index (χ3n) is 5.92. The van der Waals surface area contributed by atoms with Crippen LogP contribution >= 0.6 is 0 Å². The molecule has 0 atom stereocenters. The summed E-state index contributed by atoms with van der Waals surface area (Å²) in [7, 11) is 4.81. The summed E-state index contributed by atoms with van der Waals surface area (Å²) in [5.74, 6) is 1.79. The number of hydrogen-bond donors (Lipinski definition) is 1. The Balaban J connectivity index is 1.47. The molecule has 8 nitrogen and oxygen atoms in total. The Morgan fingerprint density at radius 2 is 1.61 bits per heavy atom. The molecule has 1 aliphatic rings. The highest BCUT2D eigenvalue weighted by Crippen LogP contribution is 2.40. The zero-order valence-corrected chi connectivity index (χ0v) is 19.8. The number of nitrogens with zero attached hydrogens (tertiary/aromatic N) is 2. The van der Waals surface area contributed by atoms with Gasteiger partial charge in [0.2, 0.25) is 11.7 Å². The number of aryl methyl sites for hydroxylation is 1. The molecule has 0 bridgehead atoms. The van der Waals surface area contributed by atoms with E-state index in [0.717, 1.165) is 24.2 Å². The quantitative estimate of drug-likeness (QED) is 0.626. The van der Waals surface area contributed by atoms with Crippen molar-refractivity contribution in [2.24, 2.45) is 0 Å². The first-order valence-electron chi connectivity index (χ1n) is 11.1. The summed E-state index contributed by atoms with van der Waals surface area (Å²) >= 11 is 0. The van der Waals surface area contributed by atoms with Crippen LogP contribution in [0, 0.1) is 6.92 Å². The number of hydrogen-bond acceptors (Lipinski definition) is 6. The van der Waals surface area contributed by atoms with Crippen molar-refractivity contribution < 1.29 is 23.8 Å². The van der Waals surface area contributed by atoms with Crippen molar-refractivity contribution >= 4 is 11.8 Å². The highest BCUT2D eigenvalue weighted by Gasteiger charge is 2.23. The Hall–Kier alpha value is -3.26. The van der Waals surface area contributed by atoms with Crippen molar-refractivity contribution in [1.82, 2.24) is 15.1 Å². The molecule has 1 fully saturated rings. The van der Waals surface area contributed by atoms with Gasteiger partial charge in [-0.1, -0.05) is 24.3 Å². The second-order valence-corrected chi connectivity index (χ2v) is 7.97. The van der Waals surface area contributed by atoms with Gasteiger partial charge < -0.3 is 24.4 Å². The van der Waals surface area contributed by atoms with E-state index >= 15 is 0 Å². The zero-order chi connectivity index (χ0) is 23.8. The Morgan fingerprint density at radius 3 is 2.24 bits per heavy atom. The molecule has 33 heavy (non-hydrogen) atoms. The largest absolute Gasteiger partial charge is 0.493 e. The van der Waals surface area contributed by atoms with E-state index in [1.807, 2.05) is 42.2 Å². The Bertz CT molecular complexity index is 971. The Labute approximate surface area is 195 Å². The van der Waals surface area contributed by atoms with Gasteiger partial charge in [-0.25, -0.2) is 0 Å². The van der Waals surface area contributed by atoms with Crippen molar-refractivity contribution in [2.45, 2.75) is 19.9 Å². The number of benzene rings is 2. The molecule has 178 valence electrons. The summed E-state index contributed by atoms with van der Waals surface area (Å²) in [6.45, 7) is 5.75. The van der Waals surface area contributed by atoms with Gasteiger partial charge in [0.1, 0.15) is 0 Å². The van der Waals surface area contributed by atoms with Crippen molar-refractivity contribution in [3.63, 3.8) is 0 Å². The van der Waals surface area contributed by atoms with Crippen molar-refractivity contribution in [3.05, 3.63) is 53.1 Å². The van der Waals surface area contributed by atoms with E-state index in [-0.39, 0.29) is 11.8 Å². The molecule has 0 unspecified atom stereocenters. The lowest BCUT2D eigenvalue weighted by atomic mass is 10.1. The van der Waals surface area contributed by atoms with Crippen LogP contribution in [0.25, 0.3) is 0 Å². The standard InChI is InChI=1S/C25H33N3O5/c1-18-7-5-6-8-20(18)25(30)26-12-11-22(29)28-15-13-27(14-16-28)17-19-9-10-21(31-2)24(33-4)23(19)32-3/h5-10H,11-17H2,1-4H3,(H,26,30). The lowest BCUT2D eigenvalue weighted by molar-refractivity contribution is -0.132. The molecule has 0 spiro atoms. The van der Waals surface area contributed by atoms with Crippen LogP contribution in [0.15, 0.2) is 36.4 Å². The molecular weight excluding hydrogens is 422 g/mol. The van der Waals surface area contributed by atoms with Crippen molar-refractivity contribution in [3.8, 4) is 17.2 Å². The molecule has 0 radical (unpaired) electrons. The van der Waals surface area contributed by atoms with Gasteiger partial charge in [-0.2, -0.15) is 0 Å². The lowest BCUT2D eigenvalue weighted by Gasteiger charge is -2.35. The summed E-state index contributed by atoms with van der Waals surface area (Å²) in [6, 6.07) is 11.3. The predicted molar refractivity (Wildman–Crippen MR) is 126 cm³/mol. The summed E-state index contributed by atoms with van der Waals surface area (Å²) in [6.07, 6.45) is 0.293. The number of ether oxygens (including phenoxy) is 3. The van der Waals surface area contributed by atoms with Gasteiger partial charge in [-0.05, 0) is 24.6 Å². The number of amides is 2. The number of piperazine rings is 1. The van der Waals surface area contributed by atoms with E-state index < -0.39 is 0 Å². The molecule has 1 heterocycles. The van der Waals surface area contributed by atoms with Crippen LogP contribution in [-0.2, 0) is 11.3 Å². The van der Waals surface area contributed by atoms with Crippen LogP contribution in [0.3, 0.4) is 0 Å². The number of rotatable bonds is 9. The first-order valence-corrected chi connectivity index (χ1v) is 11.1. The minimum atomic E-state index is -0.144. The SMILES string of the molecule is COc1ccc(CN2CCN(C(=O)CCNC(=O)c3ccccc3C)CC2)c(OC)c1OC. The Morgan fingerprint density at radius 1 is 0.909 bits per heavy atom. The molecule has 0 aliphatic carbocycles. The van der Waals surface area contributed by atoms with Gasteiger partial charge in [0.25, 0.3) is 5.91 Å². The third kappa shape index (κ3) is 5.96. The summed E-state index contributed by atoms with van der Waals surface area (Å²) in [4.78, 5) is 29.1. The smallest absolute Gasteiger partial charge is 0.251 e. The minimum absolute atomic E-state index is 0.0587. The molecule has 2 aromatic rings. The van der Waals surface area contributed by atoms with Crippen LogP contribution in [0.4, 0.5) is 0 Å². The Kier molecular flexibility index (Phi) is 8.54. The highest BCUT2D eigenvalue weighted by atomic mass is 16.5. The molecule has 1 aliphatic heterocycles. The first kappa shape index (κ1) is 24.4. The maximum absolute atomic E-state index is 12.6. The summed E-state index contributed by atoms with van der Waals surface area (Å²) in [5.41, 5.74) is 2.57. The van der Waals surface area contributed by atoms with Crippen LogP contribution in [-0.4, -0.2) is 75.7 Å². The lowest BCUT2D eigenvalue weighted by Crippen LogP contribution is -2.48. The average molecular weight is 456 g/mol. The van der Waals surface area contributed by atoms with Crippen molar-refractivity contribution in [2.75, 3.05) is 54.1 Å². The number of carbonyl (C=O) groups is 2. The van der Waals surface area contributed by atoms with Gasteiger partial charge in [0, 0.05) is 56.8 Å². The molecule has 0 aromatic heterocycles. The molecule has 1 saturated heterocycles. The second kappa shape index (κ2) is 11.6. The van der Waals surface area contributed by atoms with Crippen LogP contribution in [0.5, 0.6) is 17.2 Å². The summed E-state index contributed by atoms with van der Waals surface area (Å²) in [5, 5.41) is 2.85. The third-order valence-corrected chi connectivity index (χ3v) is 5.92. The second-order valence-electron chi connectivity index (χ2n) is 7.97. The van der Waals surface area contributed by atoms with E-state index in [4.69, 9.17) is 14.2 Å². The van der Waals surface area contributed by atoms with Crippen LogP contribution < -0.4 is 19.5 Å². The number of methoxy groups -OCH3 is 3. The molecule has 1 N–H and O–H groups in total. The minimum Gasteiger partial charge on any atom is -0.493 e. The topological polar surface area (TPSA) is 80.3 Å². The van der Waals surface area contributed by atoms with Crippen LogP contribution in [0.2, 0.25) is 0 Å². The highest BCUT2D eigenvalue weighted by molar-refractivity contribution is 5.95. The average Bonchev–Trinajstić information content (AvgIpc) is 2.84. The maximum atomic E-state index is 12.6. The van der Waals surface area contributed by atoms with Crippen molar-refractivity contribution in [1.29, 1.82) is 0 Å². The summed E-state index contributed by atoms with van der Waals surface area (Å²) < 4.78 is 16.4. The van der Waals surface area contributed by atoms with Gasteiger partial charge in [-0.15, -0.1) is 0 Å². The maximum Gasteiger partial charge on any atom is 0.251 e. The fourth-order valence-electron chi connectivity index (χ4n) is 4.05. The fourth-order valence-corrected chi connectivity index (χ4v) is 4.05. The van der Waals surface area contributed by atoms with Gasteiger partial charge in [-0.3, -0.25) is 14.5 Å². The normalized spacial score (nSPS) is 14.0. The monoisotopic (exact) mass is 455 g/mol. The van der Waals surface area contributed by atoms with E-state index in [2.05, 4.69) is 10.2 Å². The van der Waals surface area contributed by atoms with Crippen LogP contribution in [0.1, 0.15) is 27.9 Å². The molecule has 3 rings (SSSR count). The predicted octanol–water partition coefficient (Wildman–Crippen LogP) is 2.49. The molecule has 8 heteroatoms. The van der Waals surface area contributed by atoms with E-state index in [9.17, 15) is 9.59 Å². The van der Waals surface area contributed by atoms with Gasteiger partial charge >= 0.3 is 0 Å². The van der Waals surface area contributed by atoms with E-state index in [0.29, 0.717) is 55.4 Å². The molecule has 0 saturated carbocycles. The first-order chi connectivity index (χ1) is 16.0. The molecule has 2 aromatic carbocycles. The van der Waals surface area contributed by atoms with Gasteiger partial charge in [0.15, 0.2) is 11.5 Å². The molecular formula is C25H33N3O5. The molecule has 2 amide bonds. The zero-order valence-electron chi connectivity index (χ0n) is 19.8.